The minimum Gasteiger partial charge on any atom is -0.465 e. The van der Waals surface area contributed by atoms with Crippen LogP contribution in [-0.4, -0.2) is 65.9 Å². The maximum absolute atomic E-state index is 13.3. The van der Waals surface area contributed by atoms with Crippen molar-refractivity contribution in [3.05, 3.63) is 101 Å². The van der Waals surface area contributed by atoms with Crippen LogP contribution in [0.3, 0.4) is 0 Å². The molecule has 7 nitrogen and oxygen atoms in total. The second kappa shape index (κ2) is 11.6. The molecule has 1 atom stereocenters. The van der Waals surface area contributed by atoms with Crippen molar-refractivity contribution >= 4 is 17.8 Å². The number of likely N-dealkylation sites (tertiary alicyclic amines) is 1. The zero-order valence-electron chi connectivity index (χ0n) is 20.7. The van der Waals surface area contributed by atoms with Gasteiger partial charge in [-0.25, -0.2) is 4.79 Å². The standard InChI is InChI=1S/C29H31N3O4/c1-31(28(34)25-14-8-9-17-30-25)26(20-21-10-4-3-5-11-21)22-15-18-32(19-16-22)27(33)23-12-6-7-13-24(23)29(35)36-2/h3-14,17,22,26H,15-16,18-20H2,1-2H3/t26-/m0/s1. The largest absolute Gasteiger partial charge is 0.465 e. The molecular formula is C29H31N3O4. The molecule has 0 unspecified atom stereocenters. The first-order valence-electron chi connectivity index (χ1n) is 12.2. The third-order valence-electron chi connectivity index (χ3n) is 6.92. The number of hydrogen-bond acceptors (Lipinski definition) is 5. The van der Waals surface area contributed by atoms with Gasteiger partial charge in [-0.3, -0.25) is 14.6 Å². The van der Waals surface area contributed by atoms with E-state index in [0.717, 1.165) is 24.8 Å². The molecule has 0 saturated carbocycles. The highest BCUT2D eigenvalue weighted by Gasteiger charge is 2.34. The normalized spacial score (nSPS) is 14.7. The molecule has 1 fully saturated rings. The molecule has 2 heterocycles. The molecule has 186 valence electrons. The van der Waals surface area contributed by atoms with Crippen LogP contribution in [0, 0.1) is 5.92 Å². The molecule has 2 aromatic carbocycles. The lowest BCUT2D eigenvalue weighted by atomic mass is 9.84. The summed E-state index contributed by atoms with van der Waals surface area (Å²) in [5.74, 6) is -0.594. The number of carbonyl (C=O) groups excluding carboxylic acids is 3. The number of rotatable bonds is 7. The molecule has 0 radical (unpaired) electrons. The Morgan fingerprint density at radius 3 is 2.22 bits per heavy atom. The van der Waals surface area contributed by atoms with Crippen LogP contribution in [0.15, 0.2) is 79.0 Å². The van der Waals surface area contributed by atoms with Gasteiger partial charge < -0.3 is 14.5 Å². The quantitative estimate of drug-likeness (QED) is 0.471. The Labute approximate surface area is 211 Å². The van der Waals surface area contributed by atoms with Crippen LogP contribution in [0.5, 0.6) is 0 Å². The summed E-state index contributed by atoms with van der Waals surface area (Å²) in [6.45, 7) is 1.10. The van der Waals surface area contributed by atoms with E-state index in [1.54, 1.807) is 47.5 Å². The van der Waals surface area contributed by atoms with Crippen LogP contribution < -0.4 is 0 Å². The van der Waals surface area contributed by atoms with E-state index in [4.69, 9.17) is 4.74 Å². The molecule has 1 aliphatic rings. The highest BCUT2D eigenvalue weighted by atomic mass is 16.5. The lowest BCUT2D eigenvalue weighted by Gasteiger charge is -2.40. The number of esters is 1. The molecule has 1 saturated heterocycles. The summed E-state index contributed by atoms with van der Waals surface area (Å²) in [5, 5.41) is 0. The third-order valence-corrected chi connectivity index (χ3v) is 6.92. The number of aromatic nitrogens is 1. The number of amides is 2. The molecule has 1 aliphatic heterocycles. The van der Waals surface area contributed by atoms with Gasteiger partial charge in [0.25, 0.3) is 11.8 Å². The van der Waals surface area contributed by atoms with Crippen LogP contribution in [0.1, 0.15) is 49.6 Å². The smallest absolute Gasteiger partial charge is 0.338 e. The van der Waals surface area contributed by atoms with E-state index in [1.807, 2.05) is 36.2 Å². The van der Waals surface area contributed by atoms with Crippen molar-refractivity contribution in [1.29, 1.82) is 0 Å². The molecule has 0 N–H and O–H groups in total. The summed E-state index contributed by atoms with van der Waals surface area (Å²) in [6.07, 6.45) is 3.86. The van der Waals surface area contributed by atoms with E-state index < -0.39 is 5.97 Å². The zero-order valence-corrected chi connectivity index (χ0v) is 20.7. The molecule has 1 aromatic heterocycles. The van der Waals surface area contributed by atoms with Crippen molar-refractivity contribution in [3.63, 3.8) is 0 Å². The van der Waals surface area contributed by atoms with Gasteiger partial charge in [-0.2, -0.15) is 0 Å². The van der Waals surface area contributed by atoms with E-state index in [1.165, 1.54) is 7.11 Å². The lowest BCUT2D eigenvalue weighted by molar-refractivity contribution is 0.0513. The number of methoxy groups -OCH3 is 1. The van der Waals surface area contributed by atoms with Crippen molar-refractivity contribution in [2.75, 3.05) is 27.2 Å². The zero-order chi connectivity index (χ0) is 25.5. The predicted molar refractivity (Wildman–Crippen MR) is 137 cm³/mol. The summed E-state index contributed by atoms with van der Waals surface area (Å²) in [7, 11) is 3.15. The number of pyridine rings is 1. The first-order valence-corrected chi connectivity index (χ1v) is 12.2. The SMILES string of the molecule is COC(=O)c1ccccc1C(=O)N1CCC([C@H](Cc2ccccc2)N(C)C(=O)c2ccccn2)CC1. The Kier molecular flexibility index (Phi) is 8.10. The fourth-order valence-electron chi connectivity index (χ4n) is 4.91. The van der Waals surface area contributed by atoms with Crippen molar-refractivity contribution in [1.82, 2.24) is 14.8 Å². The van der Waals surface area contributed by atoms with Crippen LogP contribution in [0.4, 0.5) is 0 Å². The van der Waals surface area contributed by atoms with Gasteiger partial charge in [-0.1, -0.05) is 48.5 Å². The van der Waals surface area contributed by atoms with Crippen molar-refractivity contribution in [3.8, 4) is 0 Å². The molecule has 0 aliphatic carbocycles. The van der Waals surface area contributed by atoms with E-state index in [-0.39, 0.29) is 29.3 Å². The van der Waals surface area contributed by atoms with Crippen LogP contribution in [0.25, 0.3) is 0 Å². The number of likely N-dealkylation sites (N-methyl/N-ethyl adjacent to an activating group) is 1. The van der Waals surface area contributed by atoms with Gasteiger partial charge in [-0.05, 0) is 55.0 Å². The van der Waals surface area contributed by atoms with Crippen LogP contribution in [0.2, 0.25) is 0 Å². The fraction of sp³-hybridized carbons (Fsp3) is 0.310. The number of nitrogens with zero attached hydrogens (tertiary/aromatic N) is 3. The molecule has 36 heavy (non-hydrogen) atoms. The Morgan fingerprint density at radius 2 is 1.58 bits per heavy atom. The van der Waals surface area contributed by atoms with E-state index >= 15 is 0 Å². The van der Waals surface area contributed by atoms with E-state index in [2.05, 4.69) is 17.1 Å². The summed E-state index contributed by atoms with van der Waals surface area (Å²) in [6, 6.07) is 22.2. The Morgan fingerprint density at radius 1 is 0.944 bits per heavy atom. The average Bonchev–Trinajstić information content (AvgIpc) is 2.95. The summed E-state index contributed by atoms with van der Waals surface area (Å²) < 4.78 is 4.85. The fourth-order valence-corrected chi connectivity index (χ4v) is 4.91. The number of ether oxygens (including phenoxy) is 1. The molecular weight excluding hydrogens is 454 g/mol. The first-order chi connectivity index (χ1) is 17.5. The highest BCUT2D eigenvalue weighted by molar-refractivity contribution is 6.05. The second-order valence-electron chi connectivity index (χ2n) is 9.05. The Hall–Kier alpha value is -4.00. The molecule has 0 bridgehead atoms. The molecule has 3 aromatic rings. The van der Waals surface area contributed by atoms with E-state index in [0.29, 0.717) is 24.3 Å². The number of benzene rings is 2. The van der Waals surface area contributed by atoms with Crippen molar-refractivity contribution < 1.29 is 19.1 Å². The van der Waals surface area contributed by atoms with E-state index in [9.17, 15) is 14.4 Å². The monoisotopic (exact) mass is 485 g/mol. The molecule has 7 heteroatoms. The van der Waals surface area contributed by atoms with Gasteiger partial charge >= 0.3 is 5.97 Å². The Balaban J connectivity index is 1.50. The van der Waals surface area contributed by atoms with Crippen LogP contribution in [-0.2, 0) is 11.2 Å². The second-order valence-corrected chi connectivity index (χ2v) is 9.05. The van der Waals surface area contributed by atoms with Crippen molar-refractivity contribution in [2.45, 2.75) is 25.3 Å². The summed E-state index contributed by atoms with van der Waals surface area (Å²) >= 11 is 0. The summed E-state index contributed by atoms with van der Waals surface area (Å²) in [5.41, 5.74) is 2.21. The minimum absolute atomic E-state index is 0.0403. The highest BCUT2D eigenvalue weighted by Crippen LogP contribution is 2.28. The van der Waals surface area contributed by atoms with Gasteiger partial charge in [0.05, 0.1) is 18.2 Å². The molecule has 4 rings (SSSR count). The number of carbonyl (C=O) groups is 3. The van der Waals surface area contributed by atoms with Gasteiger partial charge in [0.1, 0.15) is 5.69 Å². The van der Waals surface area contributed by atoms with Gasteiger partial charge in [-0.15, -0.1) is 0 Å². The predicted octanol–water partition coefficient (Wildman–Crippen LogP) is 4.10. The average molecular weight is 486 g/mol. The third kappa shape index (κ3) is 5.62. The topological polar surface area (TPSA) is 79.8 Å². The summed E-state index contributed by atoms with van der Waals surface area (Å²) in [4.78, 5) is 46.5. The number of piperidine rings is 1. The number of hydrogen-bond donors (Lipinski definition) is 0. The van der Waals surface area contributed by atoms with Crippen molar-refractivity contribution in [2.24, 2.45) is 5.92 Å². The first kappa shape index (κ1) is 25.1. The van der Waals surface area contributed by atoms with Crippen LogP contribution >= 0.6 is 0 Å². The lowest BCUT2D eigenvalue weighted by Crippen LogP contribution is -2.48. The van der Waals surface area contributed by atoms with Gasteiger partial charge in [0.15, 0.2) is 0 Å². The molecule has 0 spiro atoms. The van der Waals surface area contributed by atoms with Gasteiger partial charge in [0, 0.05) is 32.4 Å². The maximum Gasteiger partial charge on any atom is 0.338 e. The maximum atomic E-state index is 13.3. The molecule has 2 amide bonds. The minimum atomic E-state index is -0.522. The van der Waals surface area contributed by atoms with Gasteiger partial charge in [0.2, 0.25) is 0 Å². The Bertz CT molecular complexity index is 1190.